The summed E-state index contributed by atoms with van der Waals surface area (Å²) in [5.74, 6) is 0.00318. The van der Waals surface area contributed by atoms with Gasteiger partial charge >= 0.3 is 0 Å². The summed E-state index contributed by atoms with van der Waals surface area (Å²) in [6.07, 6.45) is 2.23. The summed E-state index contributed by atoms with van der Waals surface area (Å²) >= 11 is 0. The molecule has 1 unspecified atom stereocenters. The predicted molar refractivity (Wildman–Crippen MR) is 73.7 cm³/mol. The van der Waals surface area contributed by atoms with Crippen LogP contribution in [0, 0.1) is 5.41 Å². The number of nitrogens with zero attached hydrogens (tertiary/aromatic N) is 1. The van der Waals surface area contributed by atoms with Gasteiger partial charge in [0.2, 0.25) is 11.8 Å². The topological polar surface area (TPSA) is 58.6 Å². The number of carbonyl (C=O) groups excluding carboxylic acids is 2. The molecule has 1 heterocycles. The van der Waals surface area contributed by atoms with Crippen LogP contribution in [0.1, 0.15) is 40.0 Å². The number of carbonyl (C=O) groups is 2. The Labute approximate surface area is 115 Å². The quantitative estimate of drug-likeness (QED) is 0.763. The van der Waals surface area contributed by atoms with Gasteiger partial charge in [-0.2, -0.15) is 0 Å². The highest BCUT2D eigenvalue weighted by Crippen LogP contribution is 2.23. The number of unbranched alkanes of at least 4 members (excludes halogenated alkanes) is 1. The predicted octanol–water partition coefficient (Wildman–Crippen LogP) is 1.18. The third-order valence-corrected chi connectivity index (χ3v) is 3.37. The fourth-order valence-corrected chi connectivity index (χ4v) is 2.18. The van der Waals surface area contributed by atoms with Crippen molar-refractivity contribution in [3.8, 4) is 0 Å². The normalized spacial score (nSPS) is 21.3. The van der Waals surface area contributed by atoms with Gasteiger partial charge in [-0.25, -0.2) is 0 Å². The second kappa shape index (κ2) is 6.89. The van der Waals surface area contributed by atoms with E-state index in [1.54, 1.807) is 7.11 Å². The molecule has 0 aliphatic carbocycles. The van der Waals surface area contributed by atoms with Crippen molar-refractivity contribution in [2.45, 2.75) is 46.1 Å². The zero-order valence-corrected chi connectivity index (χ0v) is 12.5. The van der Waals surface area contributed by atoms with Gasteiger partial charge in [0.05, 0.1) is 0 Å². The third kappa shape index (κ3) is 4.82. The summed E-state index contributed by atoms with van der Waals surface area (Å²) in [4.78, 5) is 26.0. The first-order valence-corrected chi connectivity index (χ1v) is 6.93. The minimum absolute atomic E-state index is 0.0346. The van der Waals surface area contributed by atoms with Crippen LogP contribution in [0.2, 0.25) is 0 Å². The van der Waals surface area contributed by atoms with Crippen LogP contribution in [0.25, 0.3) is 0 Å². The highest BCUT2D eigenvalue weighted by molar-refractivity contribution is 5.90. The van der Waals surface area contributed by atoms with E-state index in [0.29, 0.717) is 26.1 Å². The van der Waals surface area contributed by atoms with Crippen molar-refractivity contribution in [2.75, 3.05) is 26.8 Å². The van der Waals surface area contributed by atoms with Crippen molar-refractivity contribution in [1.82, 2.24) is 10.2 Å². The van der Waals surface area contributed by atoms with Crippen LogP contribution in [-0.4, -0.2) is 49.6 Å². The maximum atomic E-state index is 12.5. The Hall–Kier alpha value is -1.10. The largest absolute Gasteiger partial charge is 0.385 e. The van der Waals surface area contributed by atoms with Gasteiger partial charge in [-0.1, -0.05) is 20.8 Å². The molecule has 110 valence electrons. The molecule has 0 radical (unpaired) electrons. The van der Waals surface area contributed by atoms with E-state index >= 15 is 0 Å². The summed E-state index contributed by atoms with van der Waals surface area (Å²) in [7, 11) is 1.68. The van der Waals surface area contributed by atoms with E-state index < -0.39 is 6.04 Å². The van der Waals surface area contributed by atoms with E-state index in [1.165, 1.54) is 0 Å². The number of ether oxygens (including phenoxy) is 1. The number of rotatable bonds is 5. The third-order valence-electron chi connectivity index (χ3n) is 3.37. The number of nitrogens with one attached hydrogen (secondary N) is 1. The number of hydrogen-bond donors (Lipinski definition) is 1. The van der Waals surface area contributed by atoms with Gasteiger partial charge in [0.1, 0.15) is 6.04 Å². The zero-order chi connectivity index (χ0) is 14.5. The van der Waals surface area contributed by atoms with Gasteiger partial charge in [-0.05, 0) is 18.3 Å². The van der Waals surface area contributed by atoms with Gasteiger partial charge in [-0.15, -0.1) is 0 Å². The number of methoxy groups -OCH3 is 1. The average Bonchev–Trinajstić information content (AvgIpc) is 2.46. The molecule has 19 heavy (non-hydrogen) atoms. The van der Waals surface area contributed by atoms with E-state index in [0.717, 1.165) is 12.8 Å². The molecule has 1 atom stereocenters. The second-order valence-corrected chi connectivity index (χ2v) is 6.14. The Morgan fingerprint density at radius 2 is 2.00 bits per heavy atom. The molecular weight excluding hydrogens is 244 g/mol. The summed E-state index contributed by atoms with van der Waals surface area (Å²) in [6, 6.07) is -0.426. The van der Waals surface area contributed by atoms with Crippen molar-refractivity contribution < 1.29 is 14.3 Å². The molecule has 1 rings (SSSR count). The maximum Gasteiger partial charge on any atom is 0.245 e. The van der Waals surface area contributed by atoms with Crippen LogP contribution >= 0.6 is 0 Å². The molecule has 1 aliphatic rings. The highest BCUT2D eigenvalue weighted by Gasteiger charge is 2.37. The molecule has 1 aliphatic heterocycles. The van der Waals surface area contributed by atoms with Gasteiger partial charge in [0.15, 0.2) is 0 Å². The summed E-state index contributed by atoms with van der Waals surface area (Å²) in [5.41, 5.74) is -0.262. The lowest BCUT2D eigenvalue weighted by Gasteiger charge is -2.32. The van der Waals surface area contributed by atoms with E-state index in [-0.39, 0.29) is 17.2 Å². The molecule has 0 aromatic rings. The lowest BCUT2D eigenvalue weighted by Crippen LogP contribution is -2.52. The van der Waals surface area contributed by atoms with Gasteiger partial charge < -0.3 is 15.0 Å². The maximum absolute atomic E-state index is 12.5. The molecule has 1 N–H and O–H groups in total. The van der Waals surface area contributed by atoms with E-state index in [1.807, 2.05) is 25.7 Å². The first-order chi connectivity index (χ1) is 8.86. The van der Waals surface area contributed by atoms with Crippen LogP contribution in [0.5, 0.6) is 0 Å². The van der Waals surface area contributed by atoms with E-state index in [4.69, 9.17) is 4.74 Å². The summed E-state index contributed by atoms with van der Waals surface area (Å²) < 4.78 is 5.01. The summed E-state index contributed by atoms with van der Waals surface area (Å²) in [6.45, 7) is 7.86. The number of hydrogen-bond acceptors (Lipinski definition) is 3. The van der Waals surface area contributed by atoms with E-state index in [9.17, 15) is 9.59 Å². The molecule has 0 saturated carbocycles. The highest BCUT2D eigenvalue weighted by atomic mass is 16.5. The Balaban J connectivity index is 2.65. The molecule has 0 aromatic carbocycles. The lowest BCUT2D eigenvalue weighted by molar-refractivity contribution is -0.136. The first-order valence-electron chi connectivity index (χ1n) is 6.93. The average molecular weight is 270 g/mol. The van der Waals surface area contributed by atoms with Crippen molar-refractivity contribution in [2.24, 2.45) is 5.41 Å². The van der Waals surface area contributed by atoms with Crippen LogP contribution in [-0.2, 0) is 14.3 Å². The Bertz CT molecular complexity index is 323. The molecule has 1 fully saturated rings. The smallest absolute Gasteiger partial charge is 0.245 e. The van der Waals surface area contributed by atoms with Crippen molar-refractivity contribution in [3.63, 3.8) is 0 Å². The standard InChI is InChI=1S/C14H26N2O3/c1-14(2,3)12-13(18)16(8-5-6-10-19-4)9-7-11(17)15-12/h12H,5-10H2,1-4H3,(H,15,17). The molecular formula is C14H26N2O3. The molecule has 1 saturated heterocycles. The second-order valence-electron chi connectivity index (χ2n) is 6.14. The van der Waals surface area contributed by atoms with Gasteiger partial charge in [0, 0.05) is 33.2 Å². The fourth-order valence-electron chi connectivity index (χ4n) is 2.18. The Morgan fingerprint density at radius 3 is 2.58 bits per heavy atom. The first kappa shape index (κ1) is 16.0. The Kier molecular flexibility index (Phi) is 5.79. The molecule has 0 bridgehead atoms. The van der Waals surface area contributed by atoms with Gasteiger partial charge in [-0.3, -0.25) is 9.59 Å². The van der Waals surface area contributed by atoms with Crippen LogP contribution in [0.4, 0.5) is 0 Å². The molecule has 0 spiro atoms. The molecule has 5 heteroatoms. The molecule has 0 aromatic heterocycles. The van der Waals surface area contributed by atoms with Crippen molar-refractivity contribution >= 4 is 11.8 Å². The van der Waals surface area contributed by atoms with Crippen LogP contribution < -0.4 is 5.32 Å². The van der Waals surface area contributed by atoms with Crippen LogP contribution in [0.3, 0.4) is 0 Å². The van der Waals surface area contributed by atoms with Crippen molar-refractivity contribution in [3.05, 3.63) is 0 Å². The minimum atomic E-state index is -0.426. The lowest BCUT2D eigenvalue weighted by atomic mass is 9.86. The molecule has 5 nitrogen and oxygen atoms in total. The molecule has 2 amide bonds. The SMILES string of the molecule is COCCCCN1CCC(=O)NC(C(C)(C)C)C1=O. The zero-order valence-electron chi connectivity index (χ0n) is 12.5. The van der Waals surface area contributed by atoms with Crippen molar-refractivity contribution in [1.29, 1.82) is 0 Å². The number of amides is 2. The Morgan fingerprint density at radius 1 is 1.32 bits per heavy atom. The fraction of sp³-hybridized carbons (Fsp3) is 0.857. The van der Waals surface area contributed by atoms with Gasteiger partial charge in [0.25, 0.3) is 0 Å². The minimum Gasteiger partial charge on any atom is -0.385 e. The summed E-state index contributed by atoms with van der Waals surface area (Å²) in [5, 5.41) is 2.85. The monoisotopic (exact) mass is 270 g/mol. The van der Waals surface area contributed by atoms with Crippen LogP contribution in [0.15, 0.2) is 0 Å². The van der Waals surface area contributed by atoms with E-state index in [2.05, 4.69) is 5.32 Å².